The van der Waals surface area contributed by atoms with E-state index in [-0.39, 0.29) is 5.69 Å². The molecule has 118 valence electrons. The van der Waals surface area contributed by atoms with Crippen molar-refractivity contribution < 1.29 is 10.4 Å². The van der Waals surface area contributed by atoms with E-state index in [1.54, 1.807) is 24.4 Å². The zero-order valence-corrected chi connectivity index (χ0v) is 12.7. The summed E-state index contributed by atoms with van der Waals surface area (Å²) in [5, 5.41) is 22.5. The molecule has 0 saturated heterocycles. The molecule has 0 saturated carbocycles. The summed E-state index contributed by atoms with van der Waals surface area (Å²) in [5.41, 5.74) is 3.26. The summed E-state index contributed by atoms with van der Waals surface area (Å²) in [6.45, 7) is 0. The number of fused-ring (bicyclic) bond motifs is 2. The zero-order valence-electron chi connectivity index (χ0n) is 12.7. The molecule has 4 rings (SSSR count). The number of quaternary nitrogens is 1. The number of hydrogen-bond donors (Lipinski definition) is 3. The molecule has 0 aliphatic rings. The van der Waals surface area contributed by atoms with Crippen LogP contribution < -0.4 is 5.23 Å². The van der Waals surface area contributed by atoms with Gasteiger partial charge >= 0.3 is 0 Å². The Hall–Kier alpha value is -2.99. The number of aromatic amines is 1. The molecule has 2 aromatic carbocycles. The highest BCUT2D eigenvalue weighted by molar-refractivity contribution is 5.96. The molecule has 0 amide bonds. The molecular formula is C19H15N3O2. The first-order valence-electron chi connectivity index (χ1n) is 7.57. The molecule has 0 radical (unpaired) electrons. The number of nitrogens with one attached hydrogen (secondary N) is 2. The van der Waals surface area contributed by atoms with Gasteiger partial charge in [0.25, 0.3) is 0 Å². The van der Waals surface area contributed by atoms with Crippen LogP contribution in [0.2, 0.25) is 0 Å². The quantitative estimate of drug-likeness (QED) is 0.507. The number of aromatic nitrogens is 2. The Morgan fingerprint density at radius 3 is 2.79 bits per heavy atom. The van der Waals surface area contributed by atoms with Crippen LogP contribution in [0.5, 0.6) is 0 Å². The number of benzene rings is 2. The van der Waals surface area contributed by atoms with Crippen LogP contribution in [0.4, 0.5) is 5.69 Å². The SMILES string of the molecule is [O-][NH+](O)c1ccc2[nH]cc(/C=C/c3cccc4cnccc34)c2c1. The molecule has 0 aliphatic carbocycles. The lowest BCUT2D eigenvalue weighted by molar-refractivity contribution is -0.991. The predicted octanol–water partition coefficient (Wildman–Crippen LogP) is 3.29. The Labute approximate surface area is 138 Å². The Kier molecular flexibility index (Phi) is 3.59. The maximum absolute atomic E-state index is 11.2. The maximum Gasteiger partial charge on any atom is 0.164 e. The smallest absolute Gasteiger partial charge is 0.164 e. The van der Waals surface area contributed by atoms with Crippen molar-refractivity contribution in [3.63, 3.8) is 0 Å². The highest BCUT2D eigenvalue weighted by Crippen LogP contribution is 2.24. The Bertz CT molecular complexity index is 1050. The van der Waals surface area contributed by atoms with E-state index in [9.17, 15) is 5.21 Å². The molecule has 0 fully saturated rings. The van der Waals surface area contributed by atoms with E-state index in [0.717, 1.165) is 32.8 Å². The summed E-state index contributed by atoms with van der Waals surface area (Å²) < 4.78 is 0. The molecule has 1 unspecified atom stereocenters. The number of H-pyrrole nitrogens is 1. The largest absolute Gasteiger partial charge is 0.595 e. The van der Waals surface area contributed by atoms with E-state index >= 15 is 0 Å². The second-order valence-corrected chi connectivity index (χ2v) is 5.59. The molecule has 0 spiro atoms. The Morgan fingerprint density at radius 2 is 1.92 bits per heavy atom. The third-order valence-corrected chi connectivity index (χ3v) is 4.12. The minimum absolute atomic E-state index is 0.285. The van der Waals surface area contributed by atoms with Crippen LogP contribution in [-0.4, -0.2) is 15.2 Å². The summed E-state index contributed by atoms with van der Waals surface area (Å²) in [4.78, 5) is 7.32. The topological polar surface area (TPSA) is 76.4 Å². The van der Waals surface area contributed by atoms with Gasteiger partial charge in [0.2, 0.25) is 0 Å². The van der Waals surface area contributed by atoms with Crippen molar-refractivity contribution >= 4 is 39.5 Å². The fraction of sp³-hybridized carbons (Fsp3) is 0. The van der Waals surface area contributed by atoms with Gasteiger partial charge in [0.15, 0.2) is 5.69 Å². The first kappa shape index (κ1) is 14.6. The highest BCUT2D eigenvalue weighted by atomic mass is 16.8. The van der Waals surface area contributed by atoms with Gasteiger partial charge in [-0.15, -0.1) is 0 Å². The minimum Gasteiger partial charge on any atom is -0.595 e. The molecule has 0 bridgehead atoms. The molecule has 4 aromatic rings. The van der Waals surface area contributed by atoms with Crippen molar-refractivity contribution in [1.82, 2.24) is 9.97 Å². The van der Waals surface area contributed by atoms with Gasteiger partial charge in [0.1, 0.15) is 0 Å². The fourth-order valence-electron chi connectivity index (χ4n) is 2.89. The van der Waals surface area contributed by atoms with Crippen LogP contribution in [-0.2, 0) is 0 Å². The predicted molar refractivity (Wildman–Crippen MR) is 94.7 cm³/mol. The standard InChI is InChI=1S/C19H15N3O2/c23-22(24)16-6-7-19-18(10-16)15(12-21-19)5-4-13-2-1-3-14-11-20-9-8-17(13)14/h1-12,21-23H/b5-4+. The molecule has 5 heteroatoms. The van der Waals surface area contributed by atoms with Crippen LogP contribution in [0.3, 0.4) is 0 Å². The third kappa shape index (κ3) is 2.57. The molecule has 0 aliphatic heterocycles. The van der Waals surface area contributed by atoms with Crippen molar-refractivity contribution in [1.29, 1.82) is 0 Å². The summed E-state index contributed by atoms with van der Waals surface area (Å²) >= 11 is 0. The lowest BCUT2D eigenvalue weighted by atomic mass is 10.0. The van der Waals surface area contributed by atoms with Gasteiger partial charge in [-0.2, -0.15) is 5.23 Å². The van der Waals surface area contributed by atoms with Crippen molar-refractivity contribution in [2.24, 2.45) is 0 Å². The van der Waals surface area contributed by atoms with Gasteiger partial charge in [-0.3, -0.25) is 4.98 Å². The molecule has 2 aromatic heterocycles. The zero-order chi connectivity index (χ0) is 16.5. The summed E-state index contributed by atoms with van der Waals surface area (Å²) in [5.74, 6) is 0. The monoisotopic (exact) mass is 317 g/mol. The number of pyridine rings is 1. The van der Waals surface area contributed by atoms with E-state index < -0.39 is 5.23 Å². The lowest BCUT2D eigenvalue weighted by Gasteiger charge is -2.11. The second kappa shape index (κ2) is 5.90. The van der Waals surface area contributed by atoms with Crippen molar-refractivity contribution in [2.45, 2.75) is 0 Å². The number of hydrogen-bond acceptors (Lipinski definition) is 3. The van der Waals surface area contributed by atoms with Gasteiger partial charge in [-0.1, -0.05) is 30.4 Å². The number of rotatable bonds is 3. The first-order valence-corrected chi connectivity index (χ1v) is 7.57. The average molecular weight is 317 g/mol. The Balaban J connectivity index is 1.78. The van der Waals surface area contributed by atoms with Gasteiger partial charge in [0.05, 0.1) is 0 Å². The van der Waals surface area contributed by atoms with Crippen LogP contribution in [0.1, 0.15) is 11.1 Å². The third-order valence-electron chi connectivity index (χ3n) is 4.12. The molecule has 3 N–H and O–H groups in total. The van der Waals surface area contributed by atoms with Gasteiger partial charge in [0, 0.05) is 47.0 Å². The average Bonchev–Trinajstić information content (AvgIpc) is 3.02. The van der Waals surface area contributed by atoms with Crippen molar-refractivity contribution in [3.05, 3.63) is 77.4 Å². The molecule has 1 atom stereocenters. The normalized spacial score (nSPS) is 13.1. The van der Waals surface area contributed by atoms with E-state index in [1.807, 2.05) is 42.7 Å². The Morgan fingerprint density at radius 1 is 1.04 bits per heavy atom. The van der Waals surface area contributed by atoms with Gasteiger partial charge in [-0.05, 0) is 28.6 Å². The summed E-state index contributed by atoms with van der Waals surface area (Å²) in [6.07, 6.45) is 9.56. The van der Waals surface area contributed by atoms with Gasteiger partial charge < -0.3 is 10.2 Å². The molecule has 2 heterocycles. The summed E-state index contributed by atoms with van der Waals surface area (Å²) in [7, 11) is 0. The molecule has 5 nitrogen and oxygen atoms in total. The van der Waals surface area contributed by atoms with Gasteiger partial charge in [-0.25, -0.2) is 5.21 Å². The highest BCUT2D eigenvalue weighted by Gasteiger charge is 2.06. The minimum atomic E-state index is -0.922. The van der Waals surface area contributed by atoms with Crippen molar-refractivity contribution in [2.75, 3.05) is 0 Å². The second-order valence-electron chi connectivity index (χ2n) is 5.59. The molecular weight excluding hydrogens is 302 g/mol. The number of nitrogens with zero attached hydrogens (tertiary/aromatic N) is 1. The first-order chi connectivity index (χ1) is 11.7. The molecule has 24 heavy (non-hydrogen) atoms. The van der Waals surface area contributed by atoms with Crippen LogP contribution in [0, 0.1) is 5.21 Å². The summed E-state index contributed by atoms with van der Waals surface area (Å²) in [6, 6.07) is 13.2. The van der Waals surface area contributed by atoms with Crippen LogP contribution in [0.25, 0.3) is 33.8 Å². The van der Waals surface area contributed by atoms with E-state index in [1.165, 1.54) is 0 Å². The lowest BCUT2D eigenvalue weighted by Crippen LogP contribution is -2.99. The van der Waals surface area contributed by atoms with E-state index in [2.05, 4.69) is 16.0 Å². The maximum atomic E-state index is 11.2. The van der Waals surface area contributed by atoms with Crippen molar-refractivity contribution in [3.8, 4) is 0 Å². The van der Waals surface area contributed by atoms with Crippen LogP contribution in [0.15, 0.2) is 61.1 Å². The van der Waals surface area contributed by atoms with E-state index in [0.29, 0.717) is 0 Å². The fourth-order valence-corrected chi connectivity index (χ4v) is 2.89. The van der Waals surface area contributed by atoms with E-state index in [4.69, 9.17) is 5.21 Å². The van der Waals surface area contributed by atoms with Crippen LogP contribution >= 0.6 is 0 Å².